The molecule has 0 aliphatic carbocycles. The maximum atomic E-state index is 13.1. The second-order valence-electron chi connectivity index (χ2n) is 24.7. The second-order valence-corrected chi connectivity index (χ2v) is 24.7. The molecule has 0 aromatic rings. The van der Waals surface area contributed by atoms with Gasteiger partial charge in [-0.3, -0.25) is 4.79 Å². The van der Waals surface area contributed by atoms with Gasteiger partial charge in [-0.25, -0.2) is 0 Å². The molecule has 0 saturated carbocycles. The highest BCUT2D eigenvalue weighted by Crippen LogP contribution is 2.23. The molecule has 0 aromatic carbocycles. The first-order valence-electron chi connectivity index (χ1n) is 35.2. The van der Waals surface area contributed by atoms with E-state index >= 15 is 0 Å². The van der Waals surface area contributed by atoms with Crippen LogP contribution < -0.4 is 5.32 Å². The van der Waals surface area contributed by atoms with Crippen LogP contribution in [0.3, 0.4) is 0 Å². The SMILES string of the molecule is CCCCCCC/C=C\C/C=C\CCCCCCCCCCCCCCCCCCCC(=O)NC(COC1OC(CO)C(O)C(O)C1O)C(O)/C=C/CCCCCCCCCCCCCCCCCCCCCCCCCCCC. The zero-order valence-corrected chi connectivity index (χ0v) is 52.9. The Hall–Kier alpha value is -1.59. The first-order valence-corrected chi connectivity index (χ1v) is 35.2. The molecular formula is C71H135NO8. The summed E-state index contributed by atoms with van der Waals surface area (Å²) in [5.74, 6) is -0.170. The summed E-state index contributed by atoms with van der Waals surface area (Å²) in [6, 6.07) is -0.805. The number of allylic oxidation sites excluding steroid dienone is 5. The Kier molecular flexibility index (Phi) is 57.8. The predicted molar refractivity (Wildman–Crippen MR) is 341 cm³/mol. The lowest BCUT2D eigenvalue weighted by atomic mass is 9.99. The van der Waals surface area contributed by atoms with Crippen LogP contribution in [0.25, 0.3) is 0 Å². The summed E-state index contributed by atoms with van der Waals surface area (Å²) >= 11 is 0. The number of amides is 1. The van der Waals surface area contributed by atoms with E-state index in [1.807, 2.05) is 6.08 Å². The van der Waals surface area contributed by atoms with Crippen molar-refractivity contribution in [3.63, 3.8) is 0 Å². The molecule has 0 aromatic heterocycles. The van der Waals surface area contributed by atoms with E-state index in [2.05, 4.69) is 43.5 Å². The van der Waals surface area contributed by atoms with Gasteiger partial charge in [0.15, 0.2) is 6.29 Å². The minimum atomic E-state index is -1.57. The maximum Gasteiger partial charge on any atom is 0.220 e. The minimum Gasteiger partial charge on any atom is -0.394 e. The largest absolute Gasteiger partial charge is 0.394 e. The predicted octanol–water partition coefficient (Wildman–Crippen LogP) is 19.0. The molecule has 1 amide bonds. The molecule has 0 radical (unpaired) electrons. The Morgan fingerprint density at radius 2 is 0.738 bits per heavy atom. The topological polar surface area (TPSA) is 149 Å². The fraction of sp³-hybridized carbons (Fsp3) is 0.901. The molecule has 0 spiro atoms. The van der Waals surface area contributed by atoms with E-state index in [9.17, 15) is 30.3 Å². The van der Waals surface area contributed by atoms with E-state index in [1.54, 1.807) is 6.08 Å². The van der Waals surface area contributed by atoms with Gasteiger partial charge in [0.2, 0.25) is 5.91 Å². The summed E-state index contributed by atoms with van der Waals surface area (Å²) in [4.78, 5) is 13.1. The zero-order valence-electron chi connectivity index (χ0n) is 52.9. The van der Waals surface area contributed by atoms with Gasteiger partial charge < -0.3 is 40.3 Å². The summed E-state index contributed by atoms with van der Waals surface area (Å²) in [6.07, 6.45) is 73.9. The summed E-state index contributed by atoms with van der Waals surface area (Å²) in [6.45, 7) is 3.82. The molecule has 6 N–H and O–H groups in total. The van der Waals surface area contributed by atoms with Gasteiger partial charge in [-0.1, -0.05) is 333 Å². The Labute approximate surface area is 495 Å². The van der Waals surface area contributed by atoms with Gasteiger partial charge in [0.25, 0.3) is 0 Å². The molecule has 1 saturated heterocycles. The molecule has 9 heteroatoms. The highest BCUT2D eigenvalue weighted by atomic mass is 16.7. The zero-order chi connectivity index (χ0) is 57.9. The van der Waals surface area contributed by atoms with Crippen LogP contribution in [-0.2, 0) is 14.3 Å². The average Bonchev–Trinajstić information content (AvgIpc) is 3.46. The monoisotopic (exact) mass is 1130 g/mol. The van der Waals surface area contributed by atoms with Crippen LogP contribution in [0.4, 0.5) is 0 Å². The van der Waals surface area contributed by atoms with Crippen LogP contribution in [0.2, 0.25) is 0 Å². The van der Waals surface area contributed by atoms with Crippen molar-refractivity contribution in [2.24, 2.45) is 0 Å². The molecule has 9 nitrogen and oxygen atoms in total. The molecule has 1 heterocycles. The van der Waals surface area contributed by atoms with Crippen molar-refractivity contribution < 1.29 is 39.8 Å². The van der Waals surface area contributed by atoms with E-state index in [0.29, 0.717) is 6.42 Å². The third-order valence-electron chi connectivity index (χ3n) is 17.0. The number of carbonyl (C=O) groups is 1. The van der Waals surface area contributed by atoms with Gasteiger partial charge in [0.1, 0.15) is 24.4 Å². The number of ether oxygens (including phenoxy) is 2. The smallest absolute Gasteiger partial charge is 0.220 e. The van der Waals surface area contributed by atoms with Crippen molar-refractivity contribution in [3.8, 4) is 0 Å². The van der Waals surface area contributed by atoms with Gasteiger partial charge >= 0.3 is 0 Å². The van der Waals surface area contributed by atoms with Crippen LogP contribution in [-0.4, -0.2) is 87.5 Å². The van der Waals surface area contributed by atoms with E-state index in [1.165, 1.54) is 289 Å². The number of carbonyl (C=O) groups excluding carboxylic acids is 1. The summed E-state index contributed by atoms with van der Waals surface area (Å²) in [5.41, 5.74) is 0. The number of aliphatic hydroxyl groups is 5. The van der Waals surface area contributed by atoms with Crippen molar-refractivity contribution in [2.45, 2.75) is 397 Å². The molecule has 7 unspecified atom stereocenters. The van der Waals surface area contributed by atoms with Crippen LogP contribution in [0.5, 0.6) is 0 Å². The number of aliphatic hydroxyl groups excluding tert-OH is 5. The number of nitrogens with one attached hydrogen (secondary N) is 1. The number of hydrogen-bond acceptors (Lipinski definition) is 8. The van der Waals surface area contributed by atoms with Gasteiger partial charge in [-0.15, -0.1) is 0 Å². The molecule has 1 rings (SSSR count). The first kappa shape index (κ1) is 76.4. The number of hydrogen-bond donors (Lipinski definition) is 6. The second kappa shape index (κ2) is 60.5. The van der Waals surface area contributed by atoms with Gasteiger partial charge in [-0.2, -0.15) is 0 Å². The van der Waals surface area contributed by atoms with Crippen molar-refractivity contribution in [3.05, 3.63) is 36.5 Å². The lowest BCUT2D eigenvalue weighted by molar-refractivity contribution is -0.302. The highest BCUT2D eigenvalue weighted by molar-refractivity contribution is 5.76. The summed E-state index contributed by atoms with van der Waals surface area (Å²) < 4.78 is 11.3. The average molecular weight is 1130 g/mol. The molecular weight excluding hydrogens is 995 g/mol. The van der Waals surface area contributed by atoms with Gasteiger partial charge in [0, 0.05) is 6.42 Å². The molecule has 472 valence electrons. The quantitative estimate of drug-likeness (QED) is 0.0261. The van der Waals surface area contributed by atoms with Crippen molar-refractivity contribution in [2.75, 3.05) is 13.2 Å². The van der Waals surface area contributed by atoms with Gasteiger partial charge in [0.05, 0.1) is 25.4 Å². The fourth-order valence-corrected chi connectivity index (χ4v) is 11.4. The van der Waals surface area contributed by atoms with E-state index in [-0.39, 0.29) is 12.5 Å². The molecule has 80 heavy (non-hydrogen) atoms. The summed E-state index contributed by atoms with van der Waals surface area (Å²) in [7, 11) is 0. The maximum absolute atomic E-state index is 13.1. The molecule has 1 fully saturated rings. The standard InChI is InChI=1S/C71H135NO8/c1-3-5-7-9-11-13-15-17-19-21-23-25-27-29-31-33-35-37-39-41-43-45-47-49-51-53-55-57-59-61-67(75)72-64(63-79-71-70(78)69(77)68(76)66(62-73)80-71)65(74)60-58-56-54-52-50-48-46-44-42-40-38-36-34-32-30-28-26-24-22-20-18-16-14-12-10-8-6-4-2/h15,17,21,23,58,60,64-66,68-71,73-74,76-78H,3-14,16,18-20,22,24-57,59,61-63H2,1-2H3,(H,72,75)/b17-15-,23-21-,60-58+. The Balaban J connectivity index is 2.13. The van der Waals surface area contributed by atoms with Crippen LogP contribution in [0.15, 0.2) is 36.5 Å². The lowest BCUT2D eigenvalue weighted by Gasteiger charge is -2.40. The first-order chi connectivity index (χ1) is 39.3. The van der Waals surface area contributed by atoms with E-state index in [4.69, 9.17) is 9.47 Å². The van der Waals surface area contributed by atoms with Crippen molar-refractivity contribution >= 4 is 5.91 Å². The van der Waals surface area contributed by atoms with Crippen molar-refractivity contribution in [1.29, 1.82) is 0 Å². The molecule has 7 atom stereocenters. The minimum absolute atomic E-state index is 0.170. The van der Waals surface area contributed by atoms with E-state index in [0.717, 1.165) is 44.9 Å². The molecule has 1 aliphatic rings. The molecule has 0 bridgehead atoms. The highest BCUT2D eigenvalue weighted by Gasteiger charge is 2.44. The Morgan fingerprint density at radius 3 is 1.07 bits per heavy atom. The molecule has 1 aliphatic heterocycles. The summed E-state index contributed by atoms with van der Waals surface area (Å²) in [5, 5.41) is 54.8. The third-order valence-corrected chi connectivity index (χ3v) is 17.0. The third kappa shape index (κ3) is 48.7. The van der Waals surface area contributed by atoms with Crippen molar-refractivity contribution in [1.82, 2.24) is 5.32 Å². The van der Waals surface area contributed by atoms with Gasteiger partial charge in [-0.05, 0) is 51.4 Å². The Bertz CT molecular complexity index is 1360. The van der Waals surface area contributed by atoms with Crippen LogP contribution in [0.1, 0.15) is 354 Å². The van der Waals surface area contributed by atoms with Crippen LogP contribution >= 0.6 is 0 Å². The van der Waals surface area contributed by atoms with E-state index < -0.39 is 49.5 Å². The fourth-order valence-electron chi connectivity index (χ4n) is 11.4. The number of unbranched alkanes of at least 4 members (excludes halogenated alkanes) is 48. The number of rotatable bonds is 62. The lowest BCUT2D eigenvalue weighted by Crippen LogP contribution is -2.60. The Morgan fingerprint density at radius 1 is 0.425 bits per heavy atom. The van der Waals surface area contributed by atoms with Crippen LogP contribution in [0, 0.1) is 0 Å². The normalized spacial score (nSPS) is 18.6.